The highest BCUT2D eigenvalue weighted by atomic mass is 16.1. The summed E-state index contributed by atoms with van der Waals surface area (Å²) in [6, 6.07) is 1.86. The maximum atomic E-state index is 11.0. The van der Waals surface area contributed by atoms with Crippen molar-refractivity contribution in [2.24, 2.45) is 0 Å². The van der Waals surface area contributed by atoms with E-state index >= 15 is 0 Å². The van der Waals surface area contributed by atoms with Crippen molar-refractivity contribution in [2.75, 3.05) is 0 Å². The van der Waals surface area contributed by atoms with E-state index in [1.165, 1.54) is 6.07 Å². The van der Waals surface area contributed by atoms with E-state index in [1.54, 1.807) is 0 Å². The van der Waals surface area contributed by atoms with Gasteiger partial charge in [-0.25, -0.2) is 0 Å². The van der Waals surface area contributed by atoms with Gasteiger partial charge in [0.15, 0.2) is 0 Å². The number of nitrogens with zero attached hydrogens (tertiary/aromatic N) is 2. The van der Waals surface area contributed by atoms with Crippen LogP contribution in [0.25, 0.3) is 0 Å². The highest BCUT2D eigenvalue weighted by molar-refractivity contribution is 4.99. The van der Waals surface area contributed by atoms with E-state index in [-0.39, 0.29) is 11.5 Å². The minimum absolute atomic E-state index is 0.152. The van der Waals surface area contributed by atoms with Gasteiger partial charge < -0.3 is 4.57 Å². The van der Waals surface area contributed by atoms with Crippen LogP contribution in [0, 0.1) is 0 Å². The molecule has 0 saturated heterocycles. The molecule has 0 aliphatic rings. The fourth-order valence-corrected chi connectivity index (χ4v) is 1.29. The van der Waals surface area contributed by atoms with Crippen molar-refractivity contribution in [1.29, 1.82) is 0 Å². The lowest BCUT2D eigenvalue weighted by atomic mass is 10.2. The van der Waals surface area contributed by atoms with Crippen molar-refractivity contribution in [1.82, 2.24) is 9.55 Å². The molecule has 0 saturated carbocycles. The molecule has 0 aromatic carbocycles. The van der Waals surface area contributed by atoms with Crippen molar-refractivity contribution in [3.05, 3.63) is 28.4 Å². The maximum Gasteiger partial charge on any atom is 0.272 e. The second-order valence-corrected chi connectivity index (χ2v) is 3.78. The van der Waals surface area contributed by atoms with Crippen LogP contribution in [-0.4, -0.2) is 9.55 Å². The molecule has 1 rings (SSSR count). The number of aromatic nitrogens is 2. The van der Waals surface area contributed by atoms with Crippen LogP contribution in [0.1, 0.15) is 45.5 Å². The van der Waals surface area contributed by atoms with Gasteiger partial charge in [0, 0.05) is 24.2 Å². The summed E-state index contributed by atoms with van der Waals surface area (Å²) in [4.78, 5) is 15.0. The Bertz CT molecular complexity index is 339. The summed E-state index contributed by atoms with van der Waals surface area (Å²) in [6.45, 7) is 8.25. The molecule has 0 N–H and O–H groups in total. The van der Waals surface area contributed by atoms with Crippen molar-refractivity contribution in [3.63, 3.8) is 0 Å². The summed E-state index contributed by atoms with van der Waals surface area (Å²) in [5, 5.41) is 0. The van der Waals surface area contributed by atoms with Gasteiger partial charge in [0.25, 0.3) is 5.56 Å². The second-order valence-electron chi connectivity index (χ2n) is 3.78. The minimum Gasteiger partial charge on any atom is -0.333 e. The fraction of sp³-hybridized carbons (Fsp3) is 0.600. The maximum absolute atomic E-state index is 11.0. The van der Waals surface area contributed by atoms with Gasteiger partial charge in [-0.2, -0.15) is 4.98 Å². The molecule has 1 heterocycles. The summed E-state index contributed by atoms with van der Waals surface area (Å²) in [5.74, 6) is 1.15. The Kier molecular flexibility index (Phi) is 2.86. The summed E-state index contributed by atoms with van der Waals surface area (Å²) < 4.78 is 2.03. The topological polar surface area (TPSA) is 34.9 Å². The van der Waals surface area contributed by atoms with E-state index in [0.29, 0.717) is 6.04 Å². The molecular formula is C10H16N2O. The highest BCUT2D eigenvalue weighted by Crippen LogP contribution is 2.13. The van der Waals surface area contributed by atoms with Crippen LogP contribution in [0.2, 0.25) is 0 Å². The molecule has 0 atom stereocenters. The second kappa shape index (κ2) is 3.73. The zero-order valence-corrected chi connectivity index (χ0v) is 8.61. The predicted octanol–water partition coefficient (Wildman–Crippen LogP) is 1.95. The van der Waals surface area contributed by atoms with E-state index in [2.05, 4.69) is 18.8 Å². The first kappa shape index (κ1) is 9.96. The highest BCUT2D eigenvalue weighted by Gasteiger charge is 2.08. The quantitative estimate of drug-likeness (QED) is 0.697. The Hall–Kier alpha value is -1.12. The van der Waals surface area contributed by atoms with Crippen LogP contribution < -0.4 is 5.56 Å². The smallest absolute Gasteiger partial charge is 0.272 e. The van der Waals surface area contributed by atoms with Gasteiger partial charge in [0.1, 0.15) is 5.82 Å². The zero-order chi connectivity index (χ0) is 10.0. The van der Waals surface area contributed by atoms with Crippen LogP contribution in [0.3, 0.4) is 0 Å². The number of rotatable bonds is 2. The van der Waals surface area contributed by atoms with Crippen LogP contribution in [0.15, 0.2) is 17.1 Å². The molecule has 0 unspecified atom stereocenters. The normalized spacial score (nSPS) is 11.2. The Labute approximate surface area is 78.4 Å². The number of hydrogen-bond acceptors (Lipinski definition) is 2. The van der Waals surface area contributed by atoms with E-state index < -0.39 is 0 Å². The first-order chi connectivity index (χ1) is 6.02. The summed E-state index contributed by atoms with van der Waals surface area (Å²) in [6.07, 6.45) is 1.81. The molecule has 0 radical (unpaired) electrons. The molecule has 1 aromatic rings. The fourth-order valence-electron chi connectivity index (χ4n) is 1.29. The first-order valence-corrected chi connectivity index (χ1v) is 4.61. The lowest BCUT2D eigenvalue weighted by Crippen LogP contribution is -2.18. The predicted molar refractivity (Wildman–Crippen MR) is 53.0 cm³/mol. The minimum atomic E-state index is -0.152. The van der Waals surface area contributed by atoms with Gasteiger partial charge in [0.2, 0.25) is 0 Å². The summed E-state index contributed by atoms with van der Waals surface area (Å²) >= 11 is 0. The third-order valence-corrected chi connectivity index (χ3v) is 1.94. The van der Waals surface area contributed by atoms with Gasteiger partial charge in [-0.1, -0.05) is 13.8 Å². The Morgan fingerprint density at radius 3 is 2.38 bits per heavy atom. The average molecular weight is 180 g/mol. The van der Waals surface area contributed by atoms with Crippen LogP contribution >= 0.6 is 0 Å². The van der Waals surface area contributed by atoms with Crippen LogP contribution in [-0.2, 0) is 0 Å². The molecule has 0 spiro atoms. The van der Waals surface area contributed by atoms with Crippen LogP contribution in [0.5, 0.6) is 0 Å². The van der Waals surface area contributed by atoms with Gasteiger partial charge in [-0.3, -0.25) is 4.79 Å². The van der Waals surface area contributed by atoms with E-state index in [9.17, 15) is 4.79 Å². The summed E-state index contributed by atoms with van der Waals surface area (Å²) in [5.41, 5.74) is -0.152. The molecule has 0 amide bonds. The lowest BCUT2D eigenvalue weighted by molar-refractivity contribution is 0.529. The van der Waals surface area contributed by atoms with Gasteiger partial charge >= 0.3 is 0 Å². The molecule has 3 nitrogen and oxygen atoms in total. The Balaban J connectivity index is 3.27. The molecule has 3 heteroatoms. The van der Waals surface area contributed by atoms with E-state index in [4.69, 9.17) is 0 Å². The molecule has 1 aromatic heterocycles. The van der Waals surface area contributed by atoms with Gasteiger partial charge in [0.05, 0.1) is 0 Å². The lowest BCUT2D eigenvalue weighted by Gasteiger charge is -2.17. The average Bonchev–Trinajstić information content (AvgIpc) is 2.03. The first-order valence-electron chi connectivity index (χ1n) is 4.61. The molecule has 0 aliphatic carbocycles. The van der Waals surface area contributed by atoms with Crippen molar-refractivity contribution in [3.8, 4) is 0 Å². The third-order valence-electron chi connectivity index (χ3n) is 1.94. The van der Waals surface area contributed by atoms with Crippen LogP contribution in [0.4, 0.5) is 0 Å². The third kappa shape index (κ3) is 2.17. The molecule has 13 heavy (non-hydrogen) atoms. The van der Waals surface area contributed by atoms with Gasteiger partial charge in [-0.05, 0) is 13.8 Å². The summed E-state index contributed by atoms with van der Waals surface area (Å²) in [7, 11) is 0. The monoisotopic (exact) mass is 180 g/mol. The van der Waals surface area contributed by atoms with Crippen molar-refractivity contribution >= 4 is 0 Å². The molecule has 0 bridgehead atoms. The molecule has 72 valence electrons. The molecular weight excluding hydrogens is 164 g/mol. The zero-order valence-electron chi connectivity index (χ0n) is 8.61. The number of hydrogen-bond donors (Lipinski definition) is 0. The SMILES string of the molecule is CC(C)c1nc(=O)ccn1C(C)C. The largest absolute Gasteiger partial charge is 0.333 e. The molecule has 0 aliphatic heterocycles. The standard InChI is InChI=1S/C10H16N2O/c1-7(2)10-11-9(13)5-6-12(10)8(3)4/h5-8H,1-4H3. The van der Waals surface area contributed by atoms with Crippen molar-refractivity contribution in [2.45, 2.75) is 39.7 Å². The molecule has 0 fully saturated rings. The van der Waals surface area contributed by atoms with Crippen molar-refractivity contribution < 1.29 is 0 Å². The Morgan fingerprint density at radius 1 is 1.31 bits per heavy atom. The van der Waals surface area contributed by atoms with E-state index in [0.717, 1.165) is 5.82 Å². The van der Waals surface area contributed by atoms with E-state index in [1.807, 2.05) is 24.6 Å². The van der Waals surface area contributed by atoms with Gasteiger partial charge in [-0.15, -0.1) is 0 Å². The Morgan fingerprint density at radius 2 is 1.92 bits per heavy atom.